The number of carbonyl (C=O) groups is 1. The molecule has 140 valence electrons. The summed E-state index contributed by atoms with van der Waals surface area (Å²) in [5.74, 6) is -1.01. The van der Waals surface area contributed by atoms with Gasteiger partial charge in [-0.3, -0.25) is 4.79 Å². The van der Waals surface area contributed by atoms with Gasteiger partial charge in [-0.2, -0.15) is 0 Å². The average molecular weight is 470 g/mol. The second-order valence-electron chi connectivity index (χ2n) is 5.38. The quantitative estimate of drug-likeness (QED) is 0.576. The fraction of sp³-hybridized carbons (Fsp3) is 0.0588. The molecule has 0 aliphatic rings. The lowest BCUT2D eigenvalue weighted by Crippen LogP contribution is -2.33. The summed E-state index contributed by atoms with van der Waals surface area (Å²) < 4.78 is 40.6. The molecule has 0 saturated carbocycles. The lowest BCUT2D eigenvalue weighted by Gasteiger charge is -2.06. The van der Waals surface area contributed by atoms with Gasteiger partial charge in [-0.15, -0.1) is 11.3 Å². The zero-order valence-corrected chi connectivity index (χ0v) is 16.9. The van der Waals surface area contributed by atoms with E-state index < -0.39 is 28.3 Å². The van der Waals surface area contributed by atoms with Crippen LogP contribution in [0.15, 0.2) is 63.4 Å². The highest BCUT2D eigenvalue weighted by atomic mass is 79.9. The van der Waals surface area contributed by atoms with Gasteiger partial charge in [0.1, 0.15) is 10.8 Å². The smallest absolute Gasteiger partial charge is 0.259 e. The van der Waals surface area contributed by atoms with Gasteiger partial charge < -0.3 is 5.32 Å². The van der Waals surface area contributed by atoms with Crippen LogP contribution >= 0.6 is 27.3 Å². The Morgan fingerprint density at radius 2 is 1.78 bits per heavy atom. The van der Waals surface area contributed by atoms with Crippen molar-refractivity contribution >= 4 is 48.9 Å². The molecule has 0 atom stereocenters. The summed E-state index contributed by atoms with van der Waals surface area (Å²) in [6.45, 7) is -0.467. The van der Waals surface area contributed by atoms with Crippen molar-refractivity contribution < 1.29 is 17.6 Å². The van der Waals surface area contributed by atoms with E-state index in [4.69, 9.17) is 0 Å². The molecule has 0 saturated heterocycles. The van der Waals surface area contributed by atoms with E-state index in [1.165, 1.54) is 41.0 Å². The number of anilines is 1. The number of aromatic nitrogens is 1. The molecule has 0 unspecified atom stereocenters. The number of amides is 1. The van der Waals surface area contributed by atoms with Crippen molar-refractivity contribution in [1.29, 1.82) is 0 Å². The number of nitrogens with one attached hydrogen (secondary N) is 2. The number of thiazole rings is 1. The summed E-state index contributed by atoms with van der Waals surface area (Å²) in [5.41, 5.74) is 1.16. The Kier molecular flexibility index (Phi) is 6.00. The van der Waals surface area contributed by atoms with Gasteiger partial charge in [0.15, 0.2) is 5.03 Å². The van der Waals surface area contributed by atoms with Gasteiger partial charge in [0, 0.05) is 21.1 Å². The fourth-order valence-corrected chi connectivity index (χ4v) is 4.42. The summed E-state index contributed by atoms with van der Waals surface area (Å²) in [6, 6.07) is 12.5. The molecule has 0 fully saturated rings. The van der Waals surface area contributed by atoms with E-state index in [1.807, 2.05) is 24.3 Å². The number of carbonyl (C=O) groups excluding carboxylic acids is 1. The largest absolute Gasteiger partial charge is 0.325 e. The third-order valence-electron chi connectivity index (χ3n) is 3.40. The Hall–Kier alpha value is -2.14. The molecule has 0 bridgehead atoms. The third-order valence-corrected chi connectivity index (χ3v) is 6.25. The molecule has 0 radical (unpaired) electrons. The zero-order chi connectivity index (χ0) is 19.4. The monoisotopic (exact) mass is 469 g/mol. The first-order chi connectivity index (χ1) is 12.8. The Labute approximate surface area is 167 Å². The predicted molar refractivity (Wildman–Crippen MR) is 105 cm³/mol. The summed E-state index contributed by atoms with van der Waals surface area (Å²) in [7, 11) is -3.93. The van der Waals surface area contributed by atoms with Gasteiger partial charge in [0.2, 0.25) is 5.91 Å². The highest BCUT2D eigenvalue weighted by Gasteiger charge is 2.19. The SMILES string of the molecule is O=C(CNS(=O)(=O)c1csc(-c2ccc(Br)cc2)n1)Nc1ccc(F)cc1. The molecular formula is C17H13BrFN3O3S2. The lowest BCUT2D eigenvalue weighted by molar-refractivity contribution is -0.115. The van der Waals surface area contributed by atoms with Crippen molar-refractivity contribution in [2.24, 2.45) is 0 Å². The van der Waals surface area contributed by atoms with Crippen molar-refractivity contribution in [1.82, 2.24) is 9.71 Å². The molecule has 0 spiro atoms. The first-order valence-electron chi connectivity index (χ1n) is 7.60. The topological polar surface area (TPSA) is 88.2 Å². The summed E-state index contributed by atoms with van der Waals surface area (Å²) in [5, 5.41) is 4.29. The predicted octanol–water partition coefficient (Wildman–Crippen LogP) is 3.63. The third kappa shape index (κ3) is 5.19. The van der Waals surface area contributed by atoms with Crippen LogP contribution in [0.4, 0.5) is 10.1 Å². The standard InChI is InChI=1S/C17H13BrFN3O3S2/c18-12-3-1-11(2-4-12)17-22-16(10-26-17)27(24,25)20-9-15(23)21-14-7-5-13(19)6-8-14/h1-8,10,20H,9H2,(H,21,23). The normalized spacial score (nSPS) is 11.3. The molecule has 2 N–H and O–H groups in total. The van der Waals surface area contributed by atoms with Crippen LogP contribution in [0.25, 0.3) is 10.6 Å². The van der Waals surface area contributed by atoms with Crippen molar-refractivity contribution in [3.05, 3.63) is 64.2 Å². The number of nitrogens with zero attached hydrogens (tertiary/aromatic N) is 1. The Morgan fingerprint density at radius 1 is 1.11 bits per heavy atom. The van der Waals surface area contributed by atoms with Crippen LogP contribution in [0.2, 0.25) is 0 Å². The zero-order valence-electron chi connectivity index (χ0n) is 13.6. The molecule has 27 heavy (non-hydrogen) atoms. The summed E-state index contributed by atoms with van der Waals surface area (Å²) in [4.78, 5) is 16.0. The number of hydrogen-bond donors (Lipinski definition) is 2. The van der Waals surface area contributed by atoms with Crippen LogP contribution in [-0.4, -0.2) is 25.9 Å². The van der Waals surface area contributed by atoms with Crippen molar-refractivity contribution in [2.45, 2.75) is 5.03 Å². The van der Waals surface area contributed by atoms with E-state index in [0.29, 0.717) is 10.7 Å². The Balaban J connectivity index is 1.63. The molecule has 2 aromatic carbocycles. The minimum atomic E-state index is -3.93. The minimum Gasteiger partial charge on any atom is -0.325 e. The van der Waals surface area contributed by atoms with Crippen LogP contribution in [0.5, 0.6) is 0 Å². The maximum absolute atomic E-state index is 12.8. The van der Waals surface area contributed by atoms with E-state index in [2.05, 4.69) is 31.0 Å². The maximum Gasteiger partial charge on any atom is 0.259 e. The number of rotatable bonds is 6. The van der Waals surface area contributed by atoms with Gasteiger partial charge in [0.25, 0.3) is 10.0 Å². The molecular weight excluding hydrogens is 457 g/mol. The minimum absolute atomic E-state index is 0.153. The molecule has 1 amide bonds. The summed E-state index contributed by atoms with van der Waals surface area (Å²) >= 11 is 4.53. The second kappa shape index (κ2) is 8.26. The van der Waals surface area contributed by atoms with Crippen molar-refractivity contribution in [3.8, 4) is 10.6 Å². The fourth-order valence-electron chi connectivity index (χ4n) is 2.08. The molecule has 10 heteroatoms. The highest BCUT2D eigenvalue weighted by Crippen LogP contribution is 2.26. The molecule has 3 aromatic rings. The van der Waals surface area contributed by atoms with E-state index in [1.54, 1.807) is 0 Å². The second-order valence-corrected chi connectivity index (χ2v) is 8.87. The molecule has 3 rings (SSSR count). The molecule has 0 aliphatic carbocycles. The van der Waals surface area contributed by atoms with Crippen LogP contribution in [0.3, 0.4) is 0 Å². The molecule has 1 aromatic heterocycles. The summed E-state index contributed by atoms with van der Waals surface area (Å²) in [6.07, 6.45) is 0. The number of sulfonamides is 1. The van der Waals surface area contributed by atoms with Crippen LogP contribution < -0.4 is 10.0 Å². The maximum atomic E-state index is 12.8. The average Bonchev–Trinajstić information content (AvgIpc) is 3.14. The van der Waals surface area contributed by atoms with Crippen molar-refractivity contribution in [3.63, 3.8) is 0 Å². The van der Waals surface area contributed by atoms with Gasteiger partial charge >= 0.3 is 0 Å². The number of halogens is 2. The van der Waals surface area contributed by atoms with Gasteiger partial charge in [-0.05, 0) is 36.4 Å². The van der Waals surface area contributed by atoms with E-state index >= 15 is 0 Å². The van der Waals surface area contributed by atoms with Crippen LogP contribution in [-0.2, 0) is 14.8 Å². The first kappa shape index (κ1) is 19.6. The molecule has 1 heterocycles. The number of benzene rings is 2. The van der Waals surface area contributed by atoms with Crippen molar-refractivity contribution in [2.75, 3.05) is 11.9 Å². The van der Waals surface area contributed by atoms with Gasteiger partial charge in [-0.1, -0.05) is 28.1 Å². The van der Waals surface area contributed by atoms with E-state index in [0.717, 1.165) is 10.0 Å². The van der Waals surface area contributed by atoms with Gasteiger partial charge in [-0.25, -0.2) is 22.5 Å². The van der Waals surface area contributed by atoms with E-state index in [9.17, 15) is 17.6 Å². The molecule has 6 nitrogen and oxygen atoms in total. The highest BCUT2D eigenvalue weighted by molar-refractivity contribution is 9.10. The number of hydrogen-bond acceptors (Lipinski definition) is 5. The first-order valence-corrected chi connectivity index (χ1v) is 10.8. The Bertz CT molecular complexity index is 1050. The van der Waals surface area contributed by atoms with Gasteiger partial charge in [0.05, 0.1) is 6.54 Å². The Morgan fingerprint density at radius 3 is 2.44 bits per heavy atom. The van der Waals surface area contributed by atoms with Crippen LogP contribution in [0.1, 0.15) is 0 Å². The lowest BCUT2D eigenvalue weighted by atomic mass is 10.2. The van der Waals surface area contributed by atoms with Crippen LogP contribution in [0, 0.1) is 5.82 Å². The van der Waals surface area contributed by atoms with E-state index in [-0.39, 0.29) is 5.03 Å². The molecule has 0 aliphatic heterocycles.